The molecule has 240 valence electrons. The van der Waals surface area contributed by atoms with Crippen molar-refractivity contribution in [2.45, 2.75) is 0 Å². The van der Waals surface area contributed by atoms with Crippen LogP contribution in [0.1, 0.15) is 0 Å². The van der Waals surface area contributed by atoms with Crippen LogP contribution in [-0.4, -0.2) is 4.98 Å². The van der Waals surface area contributed by atoms with Gasteiger partial charge in [0.15, 0.2) is 5.58 Å². The summed E-state index contributed by atoms with van der Waals surface area (Å²) in [5.41, 5.74) is 12.0. The van der Waals surface area contributed by atoms with Crippen LogP contribution in [0, 0.1) is 0 Å². The predicted molar refractivity (Wildman–Crippen MR) is 210 cm³/mol. The van der Waals surface area contributed by atoms with Crippen LogP contribution in [0.4, 0.5) is 17.1 Å². The van der Waals surface area contributed by atoms with Crippen molar-refractivity contribution in [1.82, 2.24) is 4.98 Å². The molecule has 0 radical (unpaired) electrons. The van der Waals surface area contributed by atoms with Crippen molar-refractivity contribution >= 4 is 60.9 Å². The molecule has 51 heavy (non-hydrogen) atoms. The highest BCUT2D eigenvalue weighted by Crippen LogP contribution is 2.44. The third kappa shape index (κ3) is 5.04. The molecule has 0 aliphatic rings. The van der Waals surface area contributed by atoms with Gasteiger partial charge in [0, 0.05) is 39.2 Å². The summed E-state index contributed by atoms with van der Waals surface area (Å²) < 4.78 is 12.7. The minimum atomic E-state index is 0.596. The molecule has 0 atom stereocenters. The van der Waals surface area contributed by atoms with E-state index in [-0.39, 0.29) is 0 Å². The summed E-state index contributed by atoms with van der Waals surface area (Å²) in [5, 5.41) is 4.36. The van der Waals surface area contributed by atoms with E-state index in [2.05, 4.69) is 150 Å². The van der Waals surface area contributed by atoms with Crippen LogP contribution in [0.25, 0.3) is 77.5 Å². The van der Waals surface area contributed by atoms with Gasteiger partial charge in [0.25, 0.3) is 0 Å². The van der Waals surface area contributed by atoms with Gasteiger partial charge in [-0.2, -0.15) is 0 Å². The smallest absolute Gasteiger partial charge is 0.227 e. The second-order valence-electron chi connectivity index (χ2n) is 12.8. The molecule has 8 aromatic carbocycles. The maximum Gasteiger partial charge on any atom is 0.227 e. The number of anilines is 3. The Morgan fingerprint density at radius 1 is 0.373 bits per heavy atom. The van der Waals surface area contributed by atoms with Gasteiger partial charge in [0.1, 0.15) is 16.7 Å². The lowest BCUT2D eigenvalue weighted by atomic mass is 9.96. The molecule has 0 unspecified atom stereocenters. The molecule has 0 amide bonds. The second kappa shape index (κ2) is 11.9. The number of nitrogens with zero attached hydrogens (tertiary/aromatic N) is 2. The van der Waals surface area contributed by atoms with Crippen LogP contribution in [0.15, 0.2) is 191 Å². The number of aromatic nitrogens is 1. The number of oxazole rings is 1. The molecule has 0 saturated carbocycles. The molecular formula is C47H30N2O2. The molecule has 2 heterocycles. The number of hydrogen-bond acceptors (Lipinski definition) is 4. The van der Waals surface area contributed by atoms with Gasteiger partial charge < -0.3 is 13.7 Å². The van der Waals surface area contributed by atoms with E-state index in [4.69, 9.17) is 13.8 Å². The standard InChI is InChI=1S/C47H30N2O2/c1-4-12-31(13-5-1)32-20-22-35(23-21-32)49(43-26-25-37(33-14-6-2-7-15-33)38-18-10-11-19-39(38)43)36-24-27-44-40(28-36)41-29-46-42(30-45(41)50-44)48-47(51-46)34-16-8-3-9-17-34/h1-30H. The minimum absolute atomic E-state index is 0.596. The molecule has 10 rings (SSSR count). The van der Waals surface area contributed by atoms with Gasteiger partial charge in [-0.3, -0.25) is 0 Å². The van der Waals surface area contributed by atoms with Gasteiger partial charge in [0.2, 0.25) is 5.89 Å². The number of fused-ring (bicyclic) bond motifs is 5. The first-order valence-corrected chi connectivity index (χ1v) is 17.1. The fraction of sp³-hybridized carbons (Fsp3) is 0. The van der Waals surface area contributed by atoms with Crippen LogP contribution < -0.4 is 4.90 Å². The normalized spacial score (nSPS) is 11.5. The summed E-state index contributed by atoms with van der Waals surface area (Å²) in [4.78, 5) is 7.13. The number of furan rings is 1. The van der Waals surface area contributed by atoms with Crippen molar-refractivity contribution in [1.29, 1.82) is 0 Å². The molecule has 0 bridgehead atoms. The Hall–Kier alpha value is -6.91. The Kier molecular flexibility index (Phi) is 6.78. The zero-order valence-corrected chi connectivity index (χ0v) is 27.5. The average Bonchev–Trinajstić information content (AvgIpc) is 3.79. The number of benzene rings is 8. The van der Waals surface area contributed by atoms with E-state index < -0.39 is 0 Å². The molecule has 0 aliphatic carbocycles. The lowest BCUT2D eigenvalue weighted by molar-refractivity contribution is 0.620. The summed E-state index contributed by atoms with van der Waals surface area (Å²) >= 11 is 0. The molecule has 0 N–H and O–H groups in total. The van der Waals surface area contributed by atoms with Crippen molar-refractivity contribution in [2.75, 3.05) is 4.90 Å². The van der Waals surface area contributed by atoms with Gasteiger partial charge in [-0.15, -0.1) is 0 Å². The molecule has 0 spiro atoms. The maximum atomic E-state index is 6.42. The Morgan fingerprint density at radius 2 is 0.980 bits per heavy atom. The van der Waals surface area contributed by atoms with Crippen molar-refractivity contribution in [3.8, 4) is 33.7 Å². The number of rotatable bonds is 6. The minimum Gasteiger partial charge on any atom is -0.456 e. The van der Waals surface area contributed by atoms with Crippen molar-refractivity contribution in [2.24, 2.45) is 0 Å². The van der Waals surface area contributed by atoms with Crippen molar-refractivity contribution in [3.05, 3.63) is 182 Å². The van der Waals surface area contributed by atoms with E-state index in [0.717, 1.165) is 55.7 Å². The lowest BCUT2D eigenvalue weighted by Crippen LogP contribution is -2.10. The first kappa shape index (κ1) is 29.0. The second-order valence-corrected chi connectivity index (χ2v) is 12.8. The molecule has 10 aromatic rings. The van der Waals surface area contributed by atoms with Crippen LogP contribution >= 0.6 is 0 Å². The first-order chi connectivity index (χ1) is 25.3. The van der Waals surface area contributed by atoms with Gasteiger partial charge in [-0.1, -0.05) is 121 Å². The van der Waals surface area contributed by atoms with Gasteiger partial charge in [-0.25, -0.2) is 4.98 Å². The van der Waals surface area contributed by atoms with Gasteiger partial charge >= 0.3 is 0 Å². The monoisotopic (exact) mass is 654 g/mol. The Morgan fingerprint density at radius 3 is 1.73 bits per heavy atom. The lowest BCUT2D eigenvalue weighted by Gasteiger charge is -2.28. The Labute approximate surface area is 294 Å². The third-order valence-electron chi connectivity index (χ3n) is 9.70. The van der Waals surface area contributed by atoms with Crippen molar-refractivity contribution in [3.63, 3.8) is 0 Å². The molecular weight excluding hydrogens is 625 g/mol. The highest BCUT2D eigenvalue weighted by Gasteiger charge is 2.20. The summed E-state index contributed by atoms with van der Waals surface area (Å²) in [5.74, 6) is 0.596. The number of hydrogen-bond donors (Lipinski definition) is 0. The van der Waals surface area contributed by atoms with Crippen LogP contribution in [0.2, 0.25) is 0 Å². The van der Waals surface area contributed by atoms with Crippen LogP contribution in [0.3, 0.4) is 0 Å². The summed E-state index contributed by atoms with van der Waals surface area (Å²) in [7, 11) is 0. The zero-order chi connectivity index (χ0) is 33.7. The van der Waals surface area contributed by atoms with Crippen molar-refractivity contribution < 1.29 is 8.83 Å². The van der Waals surface area contributed by atoms with Crippen LogP contribution in [-0.2, 0) is 0 Å². The highest BCUT2D eigenvalue weighted by molar-refractivity contribution is 6.11. The molecule has 0 fully saturated rings. The Balaban J connectivity index is 1.16. The van der Waals surface area contributed by atoms with E-state index in [1.165, 1.54) is 33.0 Å². The van der Waals surface area contributed by atoms with E-state index in [1.807, 2.05) is 36.4 Å². The highest BCUT2D eigenvalue weighted by atomic mass is 16.4. The summed E-state index contributed by atoms with van der Waals surface area (Å²) in [6.07, 6.45) is 0. The summed E-state index contributed by atoms with van der Waals surface area (Å²) in [6, 6.07) is 63.6. The van der Waals surface area contributed by atoms with E-state index >= 15 is 0 Å². The van der Waals surface area contributed by atoms with Crippen LogP contribution in [0.5, 0.6) is 0 Å². The van der Waals surface area contributed by atoms with E-state index in [0.29, 0.717) is 5.89 Å². The first-order valence-electron chi connectivity index (χ1n) is 17.1. The fourth-order valence-corrected chi connectivity index (χ4v) is 7.24. The predicted octanol–water partition coefficient (Wildman–Crippen LogP) is 13.4. The molecule has 4 nitrogen and oxygen atoms in total. The average molecular weight is 655 g/mol. The quantitative estimate of drug-likeness (QED) is 0.179. The van der Waals surface area contributed by atoms with E-state index in [9.17, 15) is 0 Å². The maximum absolute atomic E-state index is 6.42. The zero-order valence-electron chi connectivity index (χ0n) is 27.5. The fourth-order valence-electron chi connectivity index (χ4n) is 7.24. The van der Waals surface area contributed by atoms with Gasteiger partial charge in [-0.05, 0) is 82.2 Å². The SMILES string of the molecule is c1ccc(-c2ccc(N(c3ccc4oc5cc6nc(-c7ccccc7)oc6cc5c4c3)c3ccc(-c4ccccc4)c4ccccc34)cc2)cc1. The van der Waals surface area contributed by atoms with E-state index in [1.54, 1.807) is 0 Å². The molecule has 4 heteroatoms. The summed E-state index contributed by atoms with van der Waals surface area (Å²) in [6.45, 7) is 0. The van der Waals surface area contributed by atoms with Gasteiger partial charge in [0.05, 0.1) is 5.69 Å². The largest absolute Gasteiger partial charge is 0.456 e. The Bertz CT molecular complexity index is 2840. The molecule has 0 aliphatic heterocycles. The topological polar surface area (TPSA) is 42.4 Å². The third-order valence-corrected chi connectivity index (χ3v) is 9.70. The molecule has 2 aromatic heterocycles. The molecule has 0 saturated heterocycles.